The van der Waals surface area contributed by atoms with Crippen LogP contribution < -0.4 is 26.0 Å². The molecule has 0 aliphatic carbocycles. The van der Waals surface area contributed by atoms with Gasteiger partial charge in [0, 0.05) is 17.2 Å². The van der Waals surface area contributed by atoms with Gasteiger partial charge in [-0.3, -0.25) is 14.7 Å². The van der Waals surface area contributed by atoms with Crippen molar-refractivity contribution in [2.45, 2.75) is 32.0 Å². The van der Waals surface area contributed by atoms with Gasteiger partial charge in [0.2, 0.25) is 5.66 Å². The van der Waals surface area contributed by atoms with E-state index in [1.807, 2.05) is 25.3 Å². The topological polar surface area (TPSA) is 130 Å². The van der Waals surface area contributed by atoms with Gasteiger partial charge in [-0.05, 0) is 45.0 Å². The zero-order chi connectivity index (χ0) is 24.1. The van der Waals surface area contributed by atoms with E-state index in [1.165, 1.54) is 12.1 Å². The molecule has 33 heavy (non-hydrogen) atoms. The number of hydroxylamine groups is 1. The molecule has 1 aliphatic rings. The number of primary amides is 1. The molecule has 3 aromatic rings. The van der Waals surface area contributed by atoms with E-state index >= 15 is 0 Å². The Morgan fingerprint density at radius 2 is 1.88 bits per heavy atom. The van der Waals surface area contributed by atoms with Gasteiger partial charge in [0.25, 0.3) is 11.9 Å². The Labute approximate surface area is 198 Å². The molecule has 0 saturated carbocycles. The second kappa shape index (κ2) is 7.98. The number of benzene rings is 2. The van der Waals surface area contributed by atoms with Gasteiger partial charge in [-0.25, -0.2) is 4.79 Å². The predicted octanol–water partition coefficient (Wildman–Crippen LogP) is 3.78. The molecule has 12 heteroatoms. The molecule has 1 aliphatic heterocycles. The lowest BCUT2D eigenvalue weighted by Crippen LogP contribution is -2.56. The molecule has 1 saturated heterocycles. The molecule has 2 amide bonds. The second-order valence-corrected chi connectivity index (χ2v) is 9.17. The first-order valence-corrected chi connectivity index (χ1v) is 10.5. The molecule has 174 valence electrons. The highest BCUT2D eigenvalue weighted by Crippen LogP contribution is 2.41. The van der Waals surface area contributed by atoms with Gasteiger partial charge in [-0.1, -0.05) is 23.2 Å². The molecular weight excluding hydrogens is 473 g/mol. The summed E-state index contributed by atoms with van der Waals surface area (Å²) in [5.74, 6) is -0.309. The molecule has 1 atom stereocenters. The van der Waals surface area contributed by atoms with Crippen LogP contribution in [-0.2, 0) is 20.8 Å². The van der Waals surface area contributed by atoms with Crippen molar-refractivity contribution in [2.75, 3.05) is 7.11 Å². The molecule has 4 rings (SSSR count). The third-order valence-electron chi connectivity index (χ3n) is 5.06. The van der Waals surface area contributed by atoms with Gasteiger partial charge in [-0.2, -0.15) is 4.98 Å². The summed E-state index contributed by atoms with van der Waals surface area (Å²) in [6, 6.07) is 8.59. The van der Waals surface area contributed by atoms with Crippen LogP contribution in [-0.4, -0.2) is 28.7 Å². The molecule has 0 radical (unpaired) electrons. The summed E-state index contributed by atoms with van der Waals surface area (Å²) in [4.78, 5) is 32.7. The standard InChI is InChI=1S/C21H21Cl2N5O5/c1-20(2,3)28-15-9-11(5-6-14(15)25-18(28)31-4)32-16-12(22)7-10(8-13(16)23)21(17(24)29)26-19(30)33-27-21/h5-9,27H,1-4H3,(H2,24,29)(H,26,30). The molecule has 1 fully saturated rings. The predicted molar refractivity (Wildman–Crippen MR) is 121 cm³/mol. The number of halogens is 2. The highest BCUT2D eigenvalue weighted by atomic mass is 35.5. The number of nitrogens with zero attached hydrogens (tertiary/aromatic N) is 2. The Kier molecular flexibility index (Phi) is 5.55. The van der Waals surface area contributed by atoms with Crippen molar-refractivity contribution in [1.82, 2.24) is 20.3 Å². The third-order valence-corrected chi connectivity index (χ3v) is 5.62. The summed E-state index contributed by atoms with van der Waals surface area (Å²) in [5.41, 5.74) is 7.34. The van der Waals surface area contributed by atoms with E-state index in [0.717, 1.165) is 11.0 Å². The number of amides is 2. The first-order valence-electron chi connectivity index (χ1n) is 9.76. The Balaban J connectivity index is 1.74. The number of fused-ring (bicyclic) bond motifs is 1. The third kappa shape index (κ3) is 3.90. The van der Waals surface area contributed by atoms with Gasteiger partial charge in [0.1, 0.15) is 5.75 Å². The molecule has 1 aromatic heterocycles. The fourth-order valence-electron chi connectivity index (χ4n) is 3.59. The van der Waals surface area contributed by atoms with E-state index in [2.05, 4.69) is 20.6 Å². The number of ether oxygens (including phenoxy) is 2. The van der Waals surface area contributed by atoms with Gasteiger partial charge in [-0.15, -0.1) is 5.48 Å². The molecule has 10 nitrogen and oxygen atoms in total. The lowest BCUT2D eigenvalue weighted by Gasteiger charge is -2.24. The van der Waals surface area contributed by atoms with Gasteiger partial charge >= 0.3 is 6.09 Å². The highest BCUT2D eigenvalue weighted by molar-refractivity contribution is 6.37. The Hall–Kier alpha value is -3.21. The van der Waals surface area contributed by atoms with Crippen molar-refractivity contribution in [3.63, 3.8) is 0 Å². The number of rotatable bonds is 5. The van der Waals surface area contributed by atoms with Crippen molar-refractivity contribution in [1.29, 1.82) is 0 Å². The van der Waals surface area contributed by atoms with Crippen molar-refractivity contribution < 1.29 is 23.9 Å². The highest BCUT2D eigenvalue weighted by Gasteiger charge is 2.47. The molecule has 1 unspecified atom stereocenters. The fourth-order valence-corrected chi connectivity index (χ4v) is 4.15. The summed E-state index contributed by atoms with van der Waals surface area (Å²) < 4.78 is 13.4. The maximum absolute atomic E-state index is 12.1. The first kappa shape index (κ1) is 23.0. The SMILES string of the molecule is COc1nc2ccc(Oc3c(Cl)cc(C4(C(N)=O)NOC(=O)N4)cc3Cl)cc2n1C(C)(C)C. The minimum Gasteiger partial charge on any atom is -0.468 e. The summed E-state index contributed by atoms with van der Waals surface area (Å²) in [6.07, 6.45) is -0.874. The number of nitrogens with two attached hydrogens (primary N) is 1. The van der Waals surface area contributed by atoms with Crippen LogP contribution in [0.2, 0.25) is 10.0 Å². The first-order chi connectivity index (χ1) is 15.5. The maximum Gasteiger partial charge on any atom is 0.428 e. The fraction of sp³-hybridized carbons (Fsp3) is 0.286. The molecule has 0 spiro atoms. The number of hydrogen-bond acceptors (Lipinski definition) is 7. The van der Waals surface area contributed by atoms with Gasteiger partial charge in [0.05, 0.1) is 28.2 Å². The number of nitrogens with one attached hydrogen (secondary N) is 2. The van der Waals surface area contributed by atoms with Crippen LogP contribution >= 0.6 is 23.2 Å². The van der Waals surface area contributed by atoms with E-state index in [4.69, 9.17) is 38.4 Å². The number of carbonyl (C=O) groups excluding carboxylic acids is 2. The van der Waals surface area contributed by atoms with Gasteiger partial charge < -0.3 is 20.0 Å². The minimum atomic E-state index is -1.82. The van der Waals surface area contributed by atoms with E-state index in [9.17, 15) is 9.59 Å². The van der Waals surface area contributed by atoms with E-state index in [0.29, 0.717) is 11.8 Å². The number of carbonyl (C=O) groups is 2. The van der Waals surface area contributed by atoms with Crippen LogP contribution in [0.3, 0.4) is 0 Å². The average Bonchev–Trinajstić information content (AvgIpc) is 3.31. The van der Waals surface area contributed by atoms with Crippen LogP contribution in [0.5, 0.6) is 17.5 Å². The number of hydrogen-bond donors (Lipinski definition) is 3. The Morgan fingerprint density at radius 1 is 1.21 bits per heavy atom. The van der Waals surface area contributed by atoms with E-state index < -0.39 is 17.7 Å². The summed E-state index contributed by atoms with van der Waals surface area (Å²) >= 11 is 12.9. The lowest BCUT2D eigenvalue weighted by atomic mass is 9.99. The van der Waals surface area contributed by atoms with Crippen LogP contribution in [0.1, 0.15) is 26.3 Å². The molecule has 2 heterocycles. The van der Waals surface area contributed by atoms with Crippen LogP contribution in [0.4, 0.5) is 4.79 Å². The zero-order valence-corrected chi connectivity index (χ0v) is 19.7. The number of imidazole rings is 1. The zero-order valence-electron chi connectivity index (χ0n) is 18.2. The Bertz CT molecular complexity index is 1260. The monoisotopic (exact) mass is 493 g/mol. The van der Waals surface area contributed by atoms with E-state index in [-0.39, 0.29) is 26.9 Å². The molecule has 2 aromatic carbocycles. The molecule has 0 bridgehead atoms. The lowest BCUT2D eigenvalue weighted by molar-refractivity contribution is -0.127. The van der Waals surface area contributed by atoms with Crippen molar-refractivity contribution in [2.24, 2.45) is 5.73 Å². The quantitative estimate of drug-likeness (QED) is 0.492. The van der Waals surface area contributed by atoms with Crippen molar-refractivity contribution in [3.8, 4) is 17.5 Å². The second-order valence-electron chi connectivity index (χ2n) is 8.36. The van der Waals surface area contributed by atoms with Crippen LogP contribution in [0.15, 0.2) is 30.3 Å². The van der Waals surface area contributed by atoms with Crippen molar-refractivity contribution >= 4 is 46.2 Å². The van der Waals surface area contributed by atoms with Gasteiger partial charge in [0.15, 0.2) is 5.75 Å². The average molecular weight is 494 g/mol. The smallest absolute Gasteiger partial charge is 0.428 e. The van der Waals surface area contributed by atoms with Crippen LogP contribution in [0.25, 0.3) is 11.0 Å². The number of methoxy groups -OCH3 is 1. The summed E-state index contributed by atoms with van der Waals surface area (Å²) in [7, 11) is 1.56. The van der Waals surface area contributed by atoms with Crippen LogP contribution in [0, 0.1) is 0 Å². The maximum atomic E-state index is 12.1. The normalized spacial score (nSPS) is 18.2. The Morgan fingerprint density at radius 3 is 2.39 bits per heavy atom. The summed E-state index contributed by atoms with van der Waals surface area (Å²) in [5, 5.41) is 2.50. The molecular formula is C21H21Cl2N5O5. The molecule has 4 N–H and O–H groups in total. The largest absolute Gasteiger partial charge is 0.468 e. The minimum absolute atomic E-state index is 0.0862. The number of aromatic nitrogens is 2. The van der Waals surface area contributed by atoms with E-state index in [1.54, 1.807) is 25.3 Å². The van der Waals surface area contributed by atoms with Crippen molar-refractivity contribution in [3.05, 3.63) is 45.9 Å². The summed E-state index contributed by atoms with van der Waals surface area (Å²) in [6.45, 7) is 6.10.